The van der Waals surface area contributed by atoms with Crippen molar-refractivity contribution in [1.29, 1.82) is 0 Å². The molecule has 1 amide bonds. The van der Waals surface area contributed by atoms with Gasteiger partial charge in [-0.15, -0.1) is 0 Å². The van der Waals surface area contributed by atoms with Gasteiger partial charge in [0.05, 0.1) is 6.61 Å². The Morgan fingerprint density at radius 1 is 1.17 bits per heavy atom. The van der Waals surface area contributed by atoms with Gasteiger partial charge in [-0.2, -0.15) is 0 Å². The summed E-state index contributed by atoms with van der Waals surface area (Å²) < 4.78 is 16.7. The van der Waals surface area contributed by atoms with Crippen molar-refractivity contribution < 1.29 is 23.8 Å². The molecule has 0 unspecified atom stereocenters. The fourth-order valence-corrected chi connectivity index (χ4v) is 2.86. The summed E-state index contributed by atoms with van der Waals surface area (Å²) in [4.78, 5) is 30.1. The summed E-state index contributed by atoms with van der Waals surface area (Å²) in [6.07, 6.45) is 0.963. The van der Waals surface area contributed by atoms with Gasteiger partial charge in [0.1, 0.15) is 0 Å². The van der Waals surface area contributed by atoms with E-state index < -0.39 is 12.1 Å². The third-order valence-corrected chi connectivity index (χ3v) is 4.30. The lowest BCUT2D eigenvalue weighted by Crippen LogP contribution is -2.35. The second-order valence-electron chi connectivity index (χ2n) is 6.83. The van der Waals surface area contributed by atoms with E-state index in [1.54, 1.807) is 45.3 Å². The SMILES string of the molecule is CCOc1cc(/C=C2\N=C(c3ccccc3)OC2=O)ccc1O[C@H](C)C(=O)N(C)C. The molecular weight excluding hydrogens is 384 g/mol. The van der Waals surface area contributed by atoms with Crippen LogP contribution in [-0.4, -0.2) is 49.5 Å². The largest absolute Gasteiger partial charge is 0.490 e. The average molecular weight is 408 g/mol. The number of hydrogen-bond donors (Lipinski definition) is 0. The Bertz CT molecular complexity index is 996. The molecule has 7 heteroatoms. The van der Waals surface area contributed by atoms with E-state index in [9.17, 15) is 9.59 Å². The number of hydrogen-bond acceptors (Lipinski definition) is 6. The maximum Gasteiger partial charge on any atom is 0.363 e. The molecule has 0 bridgehead atoms. The lowest BCUT2D eigenvalue weighted by atomic mass is 10.1. The summed E-state index contributed by atoms with van der Waals surface area (Å²) in [6, 6.07) is 14.4. The smallest absolute Gasteiger partial charge is 0.363 e. The predicted molar refractivity (Wildman–Crippen MR) is 113 cm³/mol. The van der Waals surface area contributed by atoms with Crippen LogP contribution < -0.4 is 9.47 Å². The summed E-state index contributed by atoms with van der Waals surface area (Å²) in [7, 11) is 3.34. The molecule has 1 aliphatic rings. The molecule has 0 aliphatic carbocycles. The minimum atomic E-state index is -0.661. The Morgan fingerprint density at radius 3 is 2.57 bits per heavy atom. The monoisotopic (exact) mass is 408 g/mol. The fraction of sp³-hybridized carbons (Fsp3) is 0.261. The molecule has 1 heterocycles. The first-order chi connectivity index (χ1) is 14.4. The van der Waals surface area contributed by atoms with Gasteiger partial charge in [0, 0.05) is 19.7 Å². The van der Waals surface area contributed by atoms with Gasteiger partial charge >= 0.3 is 5.97 Å². The highest BCUT2D eigenvalue weighted by molar-refractivity contribution is 6.12. The van der Waals surface area contributed by atoms with Crippen LogP contribution in [0.3, 0.4) is 0 Å². The van der Waals surface area contributed by atoms with Gasteiger partial charge in [0.25, 0.3) is 5.91 Å². The van der Waals surface area contributed by atoms with Crippen molar-refractivity contribution >= 4 is 23.9 Å². The van der Waals surface area contributed by atoms with Crippen molar-refractivity contribution in [2.24, 2.45) is 4.99 Å². The van der Waals surface area contributed by atoms with Crippen molar-refractivity contribution in [1.82, 2.24) is 4.90 Å². The second kappa shape index (κ2) is 9.26. The molecule has 0 aromatic heterocycles. The molecule has 0 radical (unpaired) electrons. The molecule has 2 aromatic rings. The Labute approximate surface area is 175 Å². The zero-order valence-electron chi connectivity index (χ0n) is 17.4. The maximum atomic E-state index is 12.2. The summed E-state index contributed by atoms with van der Waals surface area (Å²) in [5.74, 6) is 0.526. The van der Waals surface area contributed by atoms with E-state index in [0.29, 0.717) is 23.7 Å². The van der Waals surface area contributed by atoms with E-state index in [1.165, 1.54) is 4.90 Å². The molecule has 0 saturated carbocycles. The van der Waals surface area contributed by atoms with Gasteiger partial charge in [-0.25, -0.2) is 9.79 Å². The van der Waals surface area contributed by atoms with E-state index in [-0.39, 0.29) is 17.5 Å². The molecule has 2 aromatic carbocycles. The lowest BCUT2D eigenvalue weighted by Gasteiger charge is -2.20. The number of likely N-dealkylation sites (N-methyl/N-ethyl adjacent to an activating group) is 1. The first kappa shape index (κ1) is 21.1. The summed E-state index contributed by atoms with van der Waals surface area (Å²) in [5, 5.41) is 0. The molecule has 7 nitrogen and oxygen atoms in total. The highest BCUT2D eigenvalue weighted by atomic mass is 16.6. The molecule has 0 spiro atoms. The molecule has 156 valence electrons. The first-order valence-electron chi connectivity index (χ1n) is 9.61. The highest BCUT2D eigenvalue weighted by Gasteiger charge is 2.24. The van der Waals surface area contributed by atoms with Crippen molar-refractivity contribution in [3.05, 3.63) is 65.4 Å². The molecule has 1 atom stereocenters. The minimum Gasteiger partial charge on any atom is -0.490 e. The Kier molecular flexibility index (Phi) is 6.51. The third-order valence-electron chi connectivity index (χ3n) is 4.30. The summed E-state index contributed by atoms with van der Waals surface area (Å²) >= 11 is 0. The maximum absolute atomic E-state index is 12.2. The number of rotatable bonds is 7. The van der Waals surface area contributed by atoms with Crippen LogP contribution in [0, 0.1) is 0 Å². The zero-order valence-corrected chi connectivity index (χ0v) is 17.4. The average Bonchev–Trinajstić information content (AvgIpc) is 3.10. The van der Waals surface area contributed by atoms with E-state index in [1.807, 2.05) is 37.3 Å². The van der Waals surface area contributed by atoms with Gasteiger partial charge in [-0.1, -0.05) is 24.3 Å². The van der Waals surface area contributed by atoms with Crippen LogP contribution in [0.4, 0.5) is 0 Å². The van der Waals surface area contributed by atoms with Crippen LogP contribution in [0.2, 0.25) is 0 Å². The molecular formula is C23H24N2O5. The number of carbonyl (C=O) groups excluding carboxylic acids is 2. The van der Waals surface area contributed by atoms with Gasteiger partial charge in [0.15, 0.2) is 23.3 Å². The van der Waals surface area contributed by atoms with Crippen molar-refractivity contribution in [3.8, 4) is 11.5 Å². The third kappa shape index (κ3) is 4.86. The molecule has 0 N–H and O–H groups in total. The molecule has 1 aliphatic heterocycles. The molecule has 3 rings (SSSR count). The number of cyclic esters (lactones) is 1. The molecule has 0 fully saturated rings. The topological polar surface area (TPSA) is 77.4 Å². The summed E-state index contributed by atoms with van der Waals surface area (Å²) in [6.45, 7) is 3.96. The van der Waals surface area contributed by atoms with Crippen LogP contribution in [-0.2, 0) is 14.3 Å². The molecule has 30 heavy (non-hydrogen) atoms. The van der Waals surface area contributed by atoms with Crippen LogP contribution in [0.15, 0.2) is 59.2 Å². The van der Waals surface area contributed by atoms with Crippen molar-refractivity contribution in [2.75, 3.05) is 20.7 Å². The zero-order chi connectivity index (χ0) is 21.7. The highest BCUT2D eigenvalue weighted by Crippen LogP contribution is 2.31. The van der Waals surface area contributed by atoms with Crippen LogP contribution in [0.25, 0.3) is 6.08 Å². The number of benzene rings is 2. The van der Waals surface area contributed by atoms with E-state index in [4.69, 9.17) is 14.2 Å². The number of nitrogens with zero attached hydrogens (tertiary/aromatic N) is 2. The first-order valence-corrected chi connectivity index (χ1v) is 9.61. The van der Waals surface area contributed by atoms with E-state index in [0.717, 1.165) is 5.56 Å². The number of esters is 1. The van der Waals surface area contributed by atoms with Gasteiger partial charge in [-0.05, 0) is 49.8 Å². The minimum absolute atomic E-state index is 0.153. The summed E-state index contributed by atoms with van der Waals surface area (Å²) in [5.41, 5.74) is 1.62. The van der Waals surface area contributed by atoms with E-state index in [2.05, 4.69) is 4.99 Å². The molecule has 0 saturated heterocycles. The second-order valence-corrected chi connectivity index (χ2v) is 6.83. The van der Waals surface area contributed by atoms with E-state index >= 15 is 0 Å². The van der Waals surface area contributed by atoms with Gasteiger partial charge in [0.2, 0.25) is 5.90 Å². The Balaban J connectivity index is 1.86. The van der Waals surface area contributed by atoms with Crippen LogP contribution >= 0.6 is 0 Å². The number of ether oxygens (including phenoxy) is 3. The predicted octanol–water partition coefficient (Wildman–Crippen LogP) is 3.29. The Morgan fingerprint density at radius 2 is 1.90 bits per heavy atom. The number of aliphatic imine (C=N–C) groups is 1. The quantitative estimate of drug-likeness (QED) is 0.519. The lowest BCUT2D eigenvalue weighted by molar-refractivity contribution is -0.135. The van der Waals surface area contributed by atoms with Crippen molar-refractivity contribution in [3.63, 3.8) is 0 Å². The van der Waals surface area contributed by atoms with Crippen LogP contribution in [0.5, 0.6) is 11.5 Å². The number of carbonyl (C=O) groups is 2. The van der Waals surface area contributed by atoms with Crippen LogP contribution in [0.1, 0.15) is 25.0 Å². The standard InChI is InChI=1S/C23H24N2O5/c1-5-28-20-14-16(11-12-19(20)29-15(2)22(26)25(3)4)13-18-23(27)30-21(24-18)17-9-7-6-8-10-17/h6-15H,5H2,1-4H3/b18-13-/t15-/m1/s1. The number of amides is 1. The van der Waals surface area contributed by atoms with Gasteiger partial charge < -0.3 is 19.1 Å². The Hall–Kier alpha value is -3.61. The van der Waals surface area contributed by atoms with Crippen molar-refractivity contribution in [2.45, 2.75) is 20.0 Å². The fourth-order valence-electron chi connectivity index (χ4n) is 2.86. The van der Waals surface area contributed by atoms with Gasteiger partial charge in [-0.3, -0.25) is 4.79 Å². The normalized spacial score (nSPS) is 15.4.